The summed E-state index contributed by atoms with van der Waals surface area (Å²) in [5.74, 6) is -7.94. The highest BCUT2D eigenvalue weighted by atomic mass is 19.3. The lowest BCUT2D eigenvalue weighted by Crippen LogP contribution is -2.51. The number of nitrogens with zero attached hydrogens (tertiary/aromatic N) is 4. The van der Waals surface area contributed by atoms with Crippen molar-refractivity contribution in [2.24, 2.45) is 17.3 Å². The maximum atomic E-state index is 15.1. The molecule has 14 nitrogen and oxygen atoms in total. The number of benzene rings is 2. The lowest BCUT2D eigenvalue weighted by molar-refractivity contribution is -0.137. The SMILES string of the molecule is COC(=O)NC(C(=O)N1CC(F)(F)CC1c1ncc(-c2ccc(-c3ccc(-c4cnc(C5CC(F)(F)CN5C(=O)C(NC(=O)OC)C(C)C)[nH]4)c4c3CC3(CCCC3)C4)cc2)[nH]1)C(C)C. The topological polar surface area (TPSA) is 175 Å². The first-order valence-electron chi connectivity index (χ1n) is 22.2. The third-order valence-electron chi connectivity index (χ3n) is 13.7. The van der Waals surface area contributed by atoms with Crippen molar-refractivity contribution < 1.29 is 46.2 Å². The summed E-state index contributed by atoms with van der Waals surface area (Å²) in [4.78, 5) is 69.2. The number of carbonyl (C=O) groups excluding carboxylic acids is 4. The Labute approximate surface area is 374 Å². The second-order valence-corrected chi connectivity index (χ2v) is 18.9. The molecule has 1 saturated carbocycles. The number of rotatable bonds is 11. The molecule has 2 aliphatic heterocycles. The Morgan fingerprint density at radius 1 is 0.662 bits per heavy atom. The van der Waals surface area contributed by atoms with E-state index >= 15 is 8.78 Å². The Balaban J connectivity index is 1.06. The molecule has 3 fully saturated rings. The molecule has 2 aromatic carbocycles. The summed E-state index contributed by atoms with van der Waals surface area (Å²) < 4.78 is 69.5. The molecule has 4 amide bonds. The number of aromatic nitrogens is 4. The van der Waals surface area contributed by atoms with Crippen molar-refractivity contribution in [2.75, 3.05) is 27.3 Å². The van der Waals surface area contributed by atoms with Crippen LogP contribution in [0.25, 0.3) is 33.6 Å². The van der Waals surface area contributed by atoms with Gasteiger partial charge in [-0.15, -0.1) is 0 Å². The van der Waals surface area contributed by atoms with Gasteiger partial charge in [-0.1, -0.05) is 76.9 Å². The molecule has 4 N–H and O–H groups in total. The zero-order valence-corrected chi connectivity index (χ0v) is 37.4. The molecule has 4 unspecified atom stereocenters. The van der Waals surface area contributed by atoms with E-state index < -0.39 is 97.8 Å². The number of methoxy groups -OCH3 is 2. The molecule has 4 aliphatic rings. The van der Waals surface area contributed by atoms with Gasteiger partial charge in [-0.05, 0) is 70.8 Å². The molecule has 0 bridgehead atoms. The molecule has 18 heteroatoms. The highest BCUT2D eigenvalue weighted by molar-refractivity contribution is 5.87. The van der Waals surface area contributed by atoms with Crippen LogP contribution in [-0.4, -0.2) is 105 Å². The fraction of sp³-hybridized carbons (Fsp3) is 0.532. The highest BCUT2D eigenvalue weighted by Gasteiger charge is 2.52. The van der Waals surface area contributed by atoms with Crippen LogP contribution in [0.2, 0.25) is 0 Å². The number of imidazole rings is 2. The predicted octanol–water partition coefficient (Wildman–Crippen LogP) is 8.37. The Morgan fingerprint density at radius 3 is 1.57 bits per heavy atom. The van der Waals surface area contributed by atoms with Crippen LogP contribution in [0.4, 0.5) is 27.2 Å². The van der Waals surface area contributed by atoms with Gasteiger partial charge in [0.25, 0.3) is 11.8 Å². The summed E-state index contributed by atoms with van der Waals surface area (Å²) in [5.41, 5.74) is 7.47. The number of H-pyrrole nitrogens is 2. The standard InChI is InChI=1S/C47H56F4N8O6/c1-25(2)37(56-43(62)64-5)41(60)58-23-46(48,49)19-35(58)39-52-21-33(54-39)28-11-9-27(10-12-28)29-13-14-30(32-18-45(17-31(29)32)15-7-8-16-45)34-22-53-40(55-34)36-20-47(50,51)24-59(36)42(61)38(26(3)4)57-44(63)65-6/h9-14,21-22,25-26,35-38H,7-8,15-20,23-24H2,1-6H3,(H,52,54)(H,53,55)(H,56,62)(H,57,63). The van der Waals surface area contributed by atoms with Crippen LogP contribution in [0.1, 0.15) is 101 Å². The normalized spacial score (nSPS) is 21.5. The molecule has 65 heavy (non-hydrogen) atoms. The van der Waals surface area contributed by atoms with Gasteiger partial charge in [-0.2, -0.15) is 0 Å². The van der Waals surface area contributed by atoms with Gasteiger partial charge in [0, 0.05) is 18.4 Å². The zero-order chi connectivity index (χ0) is 46.6. The monoisotopic (exact) mass is 904 g/mol. The smallest absolute Gasteiger partial charge is 0.407 e. The molecule has 2 saturated heterocycles. The van der Waals surface area contributed by atoms with E-state index in [4.69, 9.17) is 4.74 Å². The van der Waals surface area contributed by atoms with Crippen molar-refractivity contribution >= 4 is 24.0 Å². The molecule has 4 atom stereocenters. The molecule has 4 heterocycles. The number of nitrogens with one attached hydrogen (secondary N) is 4. The lowest BCUT2D eigenvalue weighted by Gasteiger charge is -2.29. The third-order valence-corrected chi connectivity index (χ3v) is 13.7. The molecule has 4 aromatic rings. The fourth-order valence-electron chi connectivity index (χ4n) is 10.4. The van der Waals surface area contributed by atoms with Crippen molar-refractivity contribution in [3.05, 3.63) is 71.6 Å². The Bertz CT molecular complexity index is 2450. The maximum absolute atomic E-state index is 15.1. The summed E-state index contributed by atoms with van der Waals surface area (Å²) in [5, 5.41) is 4.99. The quantitative estimate of drug-likeness (QED) is 0.109. The lowest BCUT2D eigenvalue weighted by atomic mass is 9.82. The minimum Gasteiger partial charge on any atom is -0.453 e. The van der Waals surface area contributed by atoms with Gasteiger partial charge in [-0.3, -0.25) is 9.59 Å². The van der Waals surface area contributed by atoms with Crippen molar-refractivity contribution in [1.82, 2.24) is 40.4 Å². The average Bonchev–Trinajstić information content (AvgIpc) is 4.14. The van der Waals surface area contributed by atoms with Gasteiger partial charge in [0.2, 0.25) is 11.8 Å². The second kappa shape index (κ2) is 17.5. The van der Waals surface area contributed by atoms with E-state index in [1.807, 2.05) is 30.3 Å². The molecule has 2 aliphatic carbocycles. The highest BCUT2D eigenvalue weighted by Crippen LogP contribution is 2.53. The molecular weight excluding hydrogens is 849 g/mol. The van der Waals surface area contributed by atoms with E-state index in [1.54, 1.807) is 40.1 Å². The van der Waals surface area contributed by atoms with Crippen molar-refractivity contribution in [3.63, 3.8) is 0 Å². The van der Waals surface area contributed by atoms with Crippen LogP contribution >= 0.6 is 0 Å². The molecule has 348 valence electrons. The first-order valence-corrected chi connectivity index (χ1v) is 22.2. The van der Waals surface area contributed by atoms with E-state index in [2.05, 4.69) is 41.4 Å². The fourth-order valence-corrected chi connectivity index (χ4v) is 10.4. The first-order chi connectivity index (χ1) is 30.8. The molecule has 0 radical (unpaired) electrons. The largest absolute Gasteiger partial charge is 0.453 e. The number of ether oxygens (including phenoxy) is 2. The number of alkyl carbamates (subject to hydrolysis) is 2. The summed E-state index contributed by atoms with van der Waals surface area (Å²) in [7, 11) is 2.34. The molecular formula is C47H56F4N8O6. The minimum absolute atomic E-state index is 0.106. The number of hydrogen-bond acceptors (Lipinski definition) is 8. The Morgan fingerprint density at radius 2 is 1.09 bits per heavy atom. The van der Waals surface area contributed by atoms with Crippen molar-refractivity contribution in [2.45, 2.75) is 115 Å². The van der Waals surface area contributed by atoms with E-state index in [0.717, 1.165) is 70.6 Å². The van der Waals surface area contributed by atoms with E-state index in [0.29, 0.717) is 11.4 Å². The van der Waals surface area contributed by atoms with Crippen LogP contribution < -0.4 is 10.6 Å². The third kappa shape index (κ3) is 9.04. The van der Waals surface area contributed by atoms with E-state index in [-0.39, 0.29) is 17.1 Å². The van der Waals surface area contributed by atoms with Gasteiger partial charge < -0.3 is 39.9 Å². The van der Waals surface area contributed by atoms with Crippen LogP contribution in [0.3, 0.4) is 0 Å². The van der Waals surface area contributed by atoms with Crippen LogP contribution in [0.15, 0.2) is 48.8 Å². The summed E-state index contributed by atoms with van der Waals surface area (Å²) in [6.45, 7) is 5.25. The number of fused-ring (bicyclic) bond motifs is 1. The number of hydrogen-bond donors (Lipinski definition) is 4. The number of likely N-dealkylation sites (tertiary alicyclic amines) is 2. The number of halogens is 4. The number of amides is 4. The van der Waals surface area contributed by atoms with Gasteiger partial charge in [0.1, 0.15) is 23.7 Å². The van der Waals surface area contributed by atoms with Crippen molar-refractivity contribution in [3.8, 4) is 33.6 Å². The van der Waals surface area contributed by atoms with Gasteiger partial charge in [0.15, 0.2) is 0 Å². The van der Waals surface area contributed by atoms with Gasteiger partial charge in [-0.25, -0.2) is 37.1 Å². The van der Waals surface area contributed by atoms with Gasteiger partial charge in [0.05, 0.1) is 63.2 Å². The molecule has 8 rings (SSSR count). The summed E-state index contributed by atoms with van der Waals surface area (Å²) in [6.07, 6.45) is 6.52. The Hall–Kier alpha value is -5.94. The summed E-state index contributed by atoms with van der Waals surface area (Å²) in [6, 6.07) is 7.76. The molecule has 2 aromatic heterocycles. The summed E-state index contributed by atoms with van der Waals surface area (Å²) >= 11 is 0. The predicted molar refractivity (Wildman–Crippen MR) is 232 cm³/mol. The van der Waals surface area contributed by atoms with Crippen LogP contribution in [0.5, 0.6) is 0 Å². The maximum Gasteiger partial charge on any atom is 0.407 e. The van der Waals surface area contributed by atoms with E-state index in [9.17, 15) is 28.0 Å². The second-order valence-electron chi connectivity index (χ2n) is 18.9. The Kier molecular flexibility index (Phi) is 12.3. The van der Waals surface area contributed by atoms with Crippen LogP contribution in [0, 0.1) is 17.3 Å². The van der Waals surface area contributed by atoms with Crippen LogP contribution in [-0.2, 0) is 31.9 Å². The number of alkyl halides is 4. The van der Waals surface area contributed by atoms with Gasteiger partial charge >= 0.3 is 12.2 Å². The number of aromatic amines is 2. The number of carbonyl (C=O) groups is 4. The zero-order valence-electron chi connectivity index (χ0n) is 37.4. The molecule has 1 spiro atoms. The minimum atomic E-state index is -3.16. The first kappa shape index (κ1) is 45.6. The van der Waals surface area contributed by atoms with E-state index in [1.165, 1.54) is 25.3 Å². The average molecular weight is 905 g/mol. The van der Waals surface area contributed by atoms with Crippen molar-refractivity contribution in [1.29, 1.82) is 0 Å².